The van der Waals surface area contributed by atoms with Crippen molar-refractivity contribution in [3.63, 3.8) is 0 Å². The number of rotatable bonds is 0. The van der Waals surface area contributed by atoms with E-state index in [9.17, 15) is 19.2 Å². The fourth-order valence-corrected chi connectivity index (χ4v) is 2.35. The average Bonchev–Trinajstić information content (AvgIpc) is 2.49. The average molecular weight is 340 g/mol. The van der Waals surface area contributed by atoms with E-state index >= 15 is 0 Å². The van der Waals surface area contributed by atoms with E-state index in [-0.39, 0.29) is 36.7 Å². The molecule has 136 valence electrons. The Morgan fingerprint density at radius 3 is 2.42 bits per heavy atom. The minimum Gasteiger partial charge on any atom is -0.354 e. The van der Waals surface area contributed by atoms with E-state index in [0.29, 0.717) is 13.0 Å². The maximum absolute atomic E-state index is 12.2. The second kappa shape index (κ2) is 8.65. The van der Waals surface area contributed by atoms with Crippen LogP contribution in [0.1, 0.15) is 40.0 Å². The molecule has 1 rings (SSSR count). The Balaban J connectivity index is 2.79. The lowest BCUT2D eigenvalue weighted by molar-refractivity contribution is -0.137. The standard InChI is InChI=1S/C16H28N4O4/c1-11-7-5-6-8-17-15(24)16(2,3)19-12(21)10-20(4)13(22)9-18-14(11)23/h11H,5-10H2,1-4H3,(H,17,24)(H,18,23)(H,19,21). The summed E-state index contributed by atoms with van der Waals surface area (Å²) in [5.74, 6) is -1.45. The fourth-order valence-electron chi connectivity index (χ4n) is 2.35. The topological polar surface area (TPSA) is 108 Å². The molecule has 8 heteroatoms. The molecule has 0 saturated carbocycles. The van der Waals surface area contributed by atoms with Gasteiger partial charge in [0.25, 0.3) is 0 Å². The van der Waals surface area contributed by atoms with Gasteiger partial charge < -0.3 is 20.9 Å². The highest BCUT2D eigenvalue weighted by Gasteiger charge is 2.30. The molecule has 1 fully saturated rings. The molecule has 0 aromatic heterocycles. The van der Waals surface area contributed by atoms with Crippen molar-refractivity contribution in [1.29, 1.82) is 0 Å². The van der Waals surface area contributed by atoms with Gasteiger partial charge in [0.05, 0.1) is 13.1 Å². The Morgan fingerprint density at radius 2 is 1.75 bits per heavy atom. The van der Waals surface area contributed by atoms with Gasteiger partial charge in [-0.2, -0.15) is 0 Å². The van der Waals surface area contributed by atoms with Crippen LogP contribution in [-0.2, 0) is 19.2 Å². The number of likely N-dealkylation sites (N-methyl/N-ethyl adjacent to an activating group) is 1. The van der Waals surface area contributed by atoms with E-state index in [1.165, 1.54) is 11.9 Å². The summed E-state index contributed by atoms with van der Waals surface area (Å²) in [4.78, 5) is 49.3. The van der Waals surface area contributed by atoms with Crippen LogP contribution in [0.4, 0.5) is 0 Å². The first-order valence-electron chi connectivity index (χ1n) is 8.24. The van der Waals surface area contributed by atoms with Crippen LogP contribution in [0.3, 0.4) is 0 Å². The van der Waals surface area contributed by atoms with Gasteiger partial charge in [0, 0.05) is 19.5 Å². The minimum absolute atomic E-state index is 0.142. The lowest BCUT2D eigenvalue weighted by atomic mass is 10.0. The molecular weight excluding hydrogens is 312 g/mol. The number of carbonyl (C=O) groups is 4. The van der Waals surface area contributed by atoms with Gasteiger partial charge in [0.2, 0.25) is 23.6 Å². The largest absolute Gasteiger partial charge is 0.354 e. The van der Waals surface area contributed by atoms with Crippen LogP contribution in [0.15, 0.2) is 0 Å². The quantitative estimate of drug-likeness (QED) is 0.547. The van der Waals surface area contributed by atoms with Gasteiger partial charge in [-0.1, -0.05) is 13.3 Å². The molecule has 1 saturated heterocycles. The number of nitrogens with zero attached hydrogens (tertiary/aromatic N) is 1. The number of nitrogens with one attached hydrogen (secondary N) is 3. The first kappa shape index (κ1) is 19.9. The minimum atomic E-state index is -1.06. The van der Waals surface area contributed by atoms with Crippen molar-refractivity contribution in [2.45, 2.75) is 45.6 Å². The van der Waals surface area contributed by atoms with Gasteiger partial charge in [-0.25, -0.2) is 0 Å². The van der Waals surface area contributed by atoms with Gasteiger partial charge in [-0.05, 0) is 26.7 Å². The highest BCUT2D eigenvalue weighted by atomic mass is 16.2. The fraction of sp³-hybridized carbons (Fsp3) is 0.750. The van der Waals surface area contributed by atoms with Crippen LogP contribution >= 0.6 is 0 Å². The predicted octanol–water partition coefficient (Wildman–Crippen LogP) is -0.608. The van der Waals surface area contributed by atoms with E-state index in [2.05, 4.69) is 16.0 Å². The molecule has 0 aliphatic carbocycles. The Bertz CT molecular complexity index is 504. The summed E-state index contributed by atoms with van der Waals surface area (Å²) < 4.78 is 0. The zero-order chi connectivity index (χ0) is 18.3. The Labute approximate surface area is 142 Å². The van der Waals surface area contributed by atoms with Gasteiger partial charge in [0.15, 0.2) is 0 Å². The van der Waals surface area contributed by atoms with E-state index in [1.807, 2.05) is 6.92 Å². The SMILES string of the molecule is CC1CCCCNC(=O)C(C)(C)NC(=O)CN(C)C(=O)CNC1=O. The first-order chi connectivity index (χ1) is 11.1. The van der Waals surface area contributed by atoms with Crippen LogP contribution in [-0.4, -0.2) is 60.7 Å². The molecule has 1 aliphatic heterocycles. The summed E-state index contributed by atoms with van der Waals surface area (Å²) in [7, 11) is 1.48. The summed E-state index contributed by atoms with van der Waals surface area (Å²) in [6.07, 6.45) is 2.22. The first-order valence-corrected chi connectivity index (χ1v) is 8.24. The van der Waals surface area contributed by atoms with Crippen LogP contribution < -0.4 is 16.0 Å². The van der Waals surface area contributed by atoms with Gasteiger partial charge in [-0.15, -0.1) is 0 Å². The van der Waals surface area contributed by atoms with E-state index in [4.69, 9.17) is 0 Å². The Morgan fingerprint density at radius 1 is 1.08 bits per heavy atom. The van der Waals surface area contributed by atoms with Crippen molar-refractivity contribution in [3.8, 4) is 0 Å². The number of hydrogen-bond donors (Lipinski definition) is 3. The van der Waals surface area contributed by atoms with Crippen molar-refractivity contribution in [1.82, 2.24) is 20.9 Å². The molecule has 1 heterocycles. The molecule has 0 spiro atoms. The molecule has 3 N–H and O–H groups in total. The third kappa shape index (κ3) is 6.17. The van der Waals surface area contributed by atoms with E-state index in [0.717, 1.165) is 12.8 Å². The predicted molar refractivity (Wildman–Crippen MR) is 88.9 cm³/mol. The molecule has 4 amide bonds. The Hall–Kier alpha value is -2.12. The van der Waals surface area contributed by atoms with Crippen LogP contribution in [0.2, 0.25) is 0 Å². The van der Waals surface area contributed by atoms with Gasteiger partial charge in [-0.3, -0.25) is 19.2 Å². The molecule has 1 atom stereocenters. The van der Waals surface area contributed by atoms with Gasteiger partial charge in [0.1, 0.15) is 5.54 Å². The van der Waals surface area contributed by atoms with Crippen LogP contribution in [0.25, 0.3) is 0 Å². The lowest BCUT2D eigenvalue weighted by Crippen LogP contribution is -2.57. The summed E-state index contributed by atoms with van der Waals surface area (Å²) in [5.41, 5.74) is -1.06. The van der Waals surface area contributed by atoms with Crippen molar-refractivity contribution in [2.24, 2.45) is 5.92 Å². The normalized spacial score (nSPS) is 24.8. The smallest absolute Gasteiger partial charge is 0.245 e. The highest BCUT2D eigenvalue weighted by molar-refractivity contribution is 5.93. The van der Waals surface area contributed by atoms with Gasteiger partial charge >= 0.3 is 0 Å². The molecular formula is C16H28N4O4. The van der Waals surface area contributed by atoms with Crippen LogP contribution in [0.5, 0.6) is 0 Å². The van der Waals surface area contributed by atoms with Crippen molar-refractivity contribution >= 4 is 23.6 Å². The molecule has 0 aromatic carbocycles. The Kier molecular flexibility index (Phi) is 7.18. The highest BCUT2D eigenvalue weighted by Crippen LogP contribution is 2.08. The second-order valence-electron chi connectivity index (χ2n) is 6.79. The zero-order valence-electron chi connectivity index (χ0n) is 14.9. The maximum atomic E-state index is 12.2. The molecule has 0 radical (unpaired) electrons. The maximum Gasteiger partial charge on any atom is 0.245 e. The summed E-state index contributed by atoms with van der Waals surface area (Å²) in [6.45, 7) is 5.21. The van der Waals surface area contributed by atoms with Crippen molar-refractivity contribution < 1.29 is 19.2 Å². The second-order valence-corrected chi connectivity index (χ2v) is 6.79. The molecule has 0 aromatic rings. The summed E-state index contributed by atoms with van der Waals surface area (Å²) >= 11 is 0. The third-order valence-corrected chi connectivity index (χ3v) is 4.04. The van der Waals surface area contributed by atoms with Crippen LogP contribution in [0, 0.1) is 5.92 Å². The molecule has 8 nitrogen and oxygen atoms in total. The molecule has 0 bridgehead atoms. The number of hydrogen-bond acceptors (Lipinski definition) is 4. The van der Waals surface area contributed by atoms with Crippen molar-refractivity contribution in [2.75, 3.05) is 26.7 Å². The molecule has 1 unspecified atom stereocenters. The van der Waals surface area contributed by atoms with E-state index < -0.39 is 11.4 Å². The number of amides is 4. The monoisotopic (exact) mass is 340 g/mol. The summed E-state index contributed by atoms with van der Waals surface area (Å²) in [6, 6.07) is 0. The lowest BCUT2D eigenvalue weighted by Gasteiger charge is -2.27. The molecule has 1 aliphatic rings. The van der Waals surface area contributed by atoms with E-state index in [1.54, 1.807) is 13.8 Å². The summed E-state index contributed by atoms with van der Waals surface area (Å²) in [5, 5.41) is 8.01. The molecule has 24 heavy (non-hydrogen) atoms. The number of carbonyl (C=O) groups excluding carboxylic acids is 4. The zero-order valence-corrected chi connectivity index (χ0v) is 14.9. The third-order valence-electron chi connectivity index (χ3n) is 4.04. The van der Waals surface area contributed by atoms with Crippen molar-refractivity contribution in [3.05, 3.63) is 0 Å².